The Hall–Kier alpha value is -0.590. The monoisotopic (exact) mass is 277 g/mol. The maximum Gasteiger partial charge on any atom is 0.104 e. The predicted octanol–water partition coefficient (Wildman–Crippen LogP) is 3.44. The van der Waals surface area contributed by atoms with Gasteiger partial charge in [-0.1, -0.05) is 26.2 Å². The van der Waals surface area contributed by atoms with Gasteiger partial charge in [0, 0.05) is 0 Å². The fourth-order valence-corrected chi connectivity index (χ4v) is 3.98. The third-order valence-electron chi connectivity index (χ3n) is 5.78. The van der Waals surface area contributed by atoms with Gasteiger partial charge in [-0.25, -0.2) is 0 Å². The second-order valence-corrected chi connectivity index (χ2v) is 7.13. The third kappa shape index (κ3) is 3.96. The molecule has 1 aliphatic heterocycles. The number of likely N-dealkylation sites (tertiary alicyclic amines) is 1. The van der Waals surface area contributed by atoms with Crippen molar-refractivity contribution in [3.63, 3.8) is 0 Å². The molecule has 3 nitrogen and oxygen atoms in total. The van der Waals surface area contributed by atoms with Gasteiger partial charge in [-0.2, -0.15) is 5.26 Å². The SMILES string of the molecule is CCC(N)(C#N)CCCN1CCC2(CCCCC2)CC1. The normalized spacial score (nSPS) is 26.1. The van der Waals surface area contributed by atoms with Crippen LogP contribution in [0.25, 0.3) is 0 Å². The molecule has 1 unspecified atom stereocenters. The number of rotatable bonds is 5. The molecule has 1 atom stereocenters. The minimum atomic E-state index is -0.597. The molecule has 0 aromatic rings. The van der Waals surface area contributed by atoms with E-state index in [9.17, 15) is 0 Å². The highest BCUT2D eigenvalue weighted by molar-refractivity contribution is 5.03. The fraction of sp³-hybridized carbons (Fsp3) is 0.941. The number of piperidine rings is 1. The Bertz CT molecular complexity index is 331. The molecule has 2 N–H and O–H groups in total. The van der Waals surface area contributed by atoms with Crippen molar-refractivity contribution in [1.82, 2.24) is 4.90 Å². The van der Waals surface area contributed by atoms with Crippen molar-refractivity contribution < 1.29 is 0 Å². The lowest BCUT2D eigenvalue weighted by Crippen LogP contribution is -2.42. The fourth-order valence-electron chi connectivity index (χ4n) is 3.98. The highest BCUT2D eigenvalue weighted by Crippen LogP contribution is 2.44. The predicted molar refractivity (Wildman–Crippen MR) is 83.2 cm³/mol. The summed E-state index contributed by atoms with van der Waals surface area (Å²) in [6.45, 7) is 5.65. The van der Waals surface area contributed by atoms with E-state index >= 15 is 0 Å². The Morgan fingerprint density at radius 1 is 1.15 bits per heavy atom. The quantitative estimate of drug-likeness (QED) is 0.837. The zero-order valence-electron chi connectivity index (χ0n) is 13.2. The Morgan fingerprint density at radius 2 is 1.80 bits per heavy atom. The summed E-state index contributed by atoms with van der Waals surface area (Å²) in [6.07, 6.45) is 12.7. The van der Waals surface area contributed by atoms with Crippen molar-refractivity contribution in [2.24, 2.45) is 11.1 Å². The number of nitrogens with two attached hydrogens (primary N) is 1. The summed E-state index contributed by atoms with van der Waals surface area (Å²) in [4.78, 5) is 2.59. The molecule has 0 aromatic heterocycles. The van der Waals surface area contributed by atoms with E-state index in [-0.39, 0.29) is 0 Å². The molecule has 114 valence electrons. The van der Waals surface area contributed by atoms with Gasteiger partial charge in [0.15, 0.2) is 0 Å². The third-order valence-corrected chi connectivity index (χ3v) is 5.78. The Balaban J connectivity index is 1.68. The van der Waals surface area contributed by atoms with Crippen molar-refractivity contribution >= 4 is 0 Å². The van der Waals surface area contributed by atoms with Crippen molar-refractivity contribution in [3.8, 4) is 6.07 Å². The van der Waals surface area contributed by atoms with Crippen molar-refractivity contribution in [3.05, 3.63) is 0 Å². The van der Waals surface area contributed by atoms with E-state index in [1.165, 1.54) is 58.0 Å². The summed E-state index contributed by atoms with van der Waals surface area (Å²) in [5.74, 6) is 0. The second kappa shape index (κ2) is 6.91. The maximum absolute atomic E-state index is 9.10. The van der Waals surface area contributed by atoms with Crippen LogP contribution in [-0.2, 0) is 0 Å². The molecule has 1 heterocycles. The first-order chi connectivity index (χ1) is 9.61. The van der Waals surface area contributed by atoms with Crippen molar-refractivity contribution in [2.45, 2.75) is 76.7 Å². The van der Waals surface area contributed by atoms with Crippen LogP contribution in [0.2, 0.25) is 0 Å². The van der Waals surface area contributed by atoms with Crippen LogP contribution in [0, 0.1) is 16.7 Å². The lowest BCUT2D eigenvalue weighted by molar-refractivity contribution is 0.0664. The van der Waals surface area contributed by atoms with Gasteiger partial charge in [0.25, 0.3) is 0 Å². The van der Waals surface area contributed by atoms with Crippen LogP contribution in [0.3, 0.4) is 0 Å². The first-order valence-electron chi connectivity index (χ1n) is 8.54. The molecule has 1 saturated carbocycles. The lowest BCUT2D eigenvalue weighted by atomic mass is 9.68. The number of hydrogen-bond donors (Lipinski definition) is 1. The molecule has 3 heteroatoms. The minimum absolute atomic E-state index is 0.597. The average Bonchev–Trinajstić information content (AvgIpc) is 2.50. The van der Waals surface area contributed by atoms with E-state index < -0.39 is 5.54 Å². The summed E-state index contributed by atoms with van der Waals surface area (Å²) >= 11 is 0. The lowest BCUT2D eigenvalue weighted by Gasteiger charge is -2.44. The van der Waals surface area contributed by atoms with E-state index in [1.807, 2.05) is 6.92 Å². The van der Waals surface area contributed by atoms with E-state index in [0.717, 1.165) is 25.8 Å². The molecule has 2 rings (SSSR count). The van der Waals surface area contributed by atoms with Crippen LogP contribution in [0.4, 0.5) is 0 Å². The minimum Gasteiger partial charge on any atom is -0.313 e. The van der Waals surface area contributed by atoms with Crippen LogP contribution < -0.4 is 5.73 Å². The van der Waals surface area contributed by atoms with Gasteiger partial charge in [-0.15, -0.1) is 0 Å². The number of nitriles is 1. The van der Waals surface area contributed by atoms with Crippen molar-refractivity contribution in [1.29, 1.82) is 5.26 Å². The highest BCUT2D eigenvalue weighted by Gasteiger charge is 2.35. The summed E-state index contributed by atoms with van der Waals surface area (Å²) in [5, 5.41) is 9.10. The van der Waals surface area contributed by atoms with Crippen LogP contribution in [0.15, 0.2) is 0 Å². The zero-order valence-corrected chi connectivity index (χ0v) is 13.2. The molecule has 1 aliphatic carbocycles. The van der Waals surface area contributed by atoms with Gasteiger partial charge >= 0.3 is 0 Å². The number of nitrogens with zero attached hydrogens (tertiary/aromatic N) is 2. The summed E-state index contributed by atoms with van der Waals surface area (Å²) < 4.78 is 0. The van der Waals surface area contributed by atoms with Gasteiger partial charge < -0.3 is 10.6 Å². The highest BCUT2D eigenvalue weighted by atomic mass is 15.1. The summed E-state index contributed by atoms with van der Waals surface area (Å²) in [6, 6.07) is 2.27. The Morgan fingerprint density at radius 3 is 2.35 bits per heavy atom. The van der Waals surface area contributed by atoms with E-state index in [0.29, 0.717) is 5.41 Å². The van der Waals surface area contributed by atoms with Crippen LogP contribution in [0.1, 0.15) is 71.1 Å². The summed E-state index contributed by atoms with van der Waals surface area (Å²) in [7, 11) is 0. The maximum atomic E-state index is 9.10. The molecular formula is C17H31N3. The van der Waals surface area contributed by atoms with Crippen molar-refractivity contribution in [2.75, 3.05) is 19.6 Å². The molecule has 1 spiro atoms. The smallest absolute Gasteiger partial charge is 0.104 e. The first kappa shape index (κ1) is 15.8. The average molecular weight is 277 g/mol. The first-order valence-corrected chi connectivity index (χ1v) is 8.54. The zero-order chi connectivity index (χ0) is 14.5. The van der Waals surface area contributed by atoms with E-state index in [4.69, 9.17) is 11.0 Å². The topological polar surface area (TPSA) is 53.1 Å². The molecule has 2 fully saturated rings. The molecule has 0 aromatic carbocycles. The Labute approximate surface area is 124 Å². The van der Waals surface area contributed by atoms with Gasteiger partial charge in [-0.3, -0.25) is 0 Å². The van der Waals surface area contributed by atoms with Gasteiger partial charge in [-0.05, 0) is 70.0 Å². The summed E-state index contributed by atoms with van der Waals surface area (Å²) in [5.41, 5.74) is 6.14. The van der Waals surface area contributed by atoms with Gasteiger partial charge in [0.1, 0.15) is 5.54 Å². The molecule has 1 saturated heterocycles. The van der Waals surface area contributed by atoms with Gasteiger partial charge in [0.05, 0.1) is 6.07 Å². The molecule has 0 bridgehead atoms. The second-order valence-electron chi connectivity index (χ2n) is 7.13. The van der Waals surface area contributed by atoms with Crippen LogP contribution in [0.5, 0.6) is 0 Å². The van der Waals surface area contributed by atoms with E-state index in [1.54, 1.807) is 0 Å². The molecule has 0 radical (unpaired) electrons. The molecule has 20 heavy (non-hydrogen) atoms. The Kier molecular flexibility index (Phi) is 5.46. The molecular weight excluding hydrogens is 246 g/mol. The van der Waals surface area contributed by atoms with Gasteiger partial charge in [0.2, 0.25) is 0 Å². The largest absolute Gasteiger partial charge is 0.313 e. The number of hydrogen-bond acceptors (Lipinski definition) is 3. The standard InChI is InChI=1S/C17H31N3/c1-2-17(19,15-18)9-6-12-20-13-10-16(11-14-20)7-4-3-5-8-16/h2-14,19H2,1H3. The van der Waals surface area contributed by atoms with E-state index in [2.05, 4.69) is 11.0 Å². The van der Waals surface area contributed by atoms with Crippen LogP contribution >= 0.6 is 0 Å². The molecule has 2 aliphatic rings. The molecule has 0 amide bonds. The van der Waals surface area contributed by atoms with Crippen LogP contribution in [-0.4, -0.2) is 30.1 Å².